The van der Waals surface area contributed by atoms with Gasteiger partial charge in [-0.25, -0.2) is 13.6 Å². The molecule has 2 atom stereocenters. The molecule has 0 spiro atoms. The number of likely N-dealkylation sites (N-methyl/N-ethyl adjacent to an activating group) is 1. The van der Waals surface area contributed by atoms with Crippen molar-refractivity contribution >= 4 is 11.9 Å². The van der Waals surface area contributed by atoms with Gasteiger partial charge in [-0.15, -0.1) is 0 Å². The molecule has 0 aliphatic heterocycles. The molecule has 2 N–H and O–H groups in total. The second-order valence-electron chi connectivity index (χ2n) is 4.53. The lowest BCUT2D eigenvalue weighted by molar-refractivity contribution is -0.151. The molecule has 0 aromatic heterocycles. The van der Waals surface area contributed by atoms with E-state index in [1.807, 2.05) is 0 Å². The van der Waals surface area contributed by atoms with Gasteiger partial charge in [-0.05, 0) is 31.5 Å². The summed E-state index contributed by atoms with van der Waals surface area (Å²) < 4.78 is 30.8. The molecule has 2 unspecified atom stereocenters. The number of carbonyl (C=O) groups excluding carboxylic acids is 2. The van der Waals surface area contributed by atoms with Crippen LogP contribution in [-0.4, -0.2) is 36.5 Å². The quantitative estimate of drug-likeness (QED) is 0.658. The van der Waals surface area contributed by atoms with Gasteiger partial charge in [0.1, 0.15) is 0 Å². The van der Waals surface area contributed by atoms with Crippen LogP contribution < -0.4 is 5.73 Å². The average molecular weight is 300 g/mol. The fourth-order valence-electron chi connectivity index (χ4n) is 1.74. The smallest absolute Gasteiger partial charge is 0.332 e. The number of nitrogens with two attached hydrogens (primary N) is 1. The molecule has 116 valence electrons. The summed E-state index contributed by atoms with van der Waals surface area (Å²) in [6.45, 7) is 3.33. The maximum Gasteiger partial charge on any atom is 0.332 e. The van der Waals surface area contributed by atoms with Gasteiger partial charge in [-0.1, -0.05) is 6.07 Å². The van der Waals surface area contributed by atoms with Gasteiger partial charge in [-0.3, -0.25) is 4.79 Å². The van der Waals surface area contributed by atoms with Crippen molar-refractivity contribution in [3.8, 4) is 0 Å². The van der Waals surface area contributed by atoms with Crippen molar-refractivity contribution in [2.75, 3.05) is 13.7 Å². The number of esters is 1. The third-order valence-electron chi connectivity index (χ3n) is 3.16. The Bertz CT molecular complexity index is 537. The van der Waals surface area contributed by atoms with E-state index < -0.39 is 35.6 Å². The van der Waals surface area contributed by atoms with Crippen molar-refractivity contribution < 1.29 is 23.1 Å². The zero-order valence-electron chi connectivity index (χ0n) is 12.1. The lowest BCUT2D eigenvalue weighted by Gasteiger charge is -2.27. The van der Waals surface area contributed by atoms with Gasteiger partial charge in [0.05, 0.1) is 12.6 Å². The van der Waals surface area contributed by atoms with Crippen molar-refractivity contribution in [1.29, 1.82) is 0 Å². The third-order valence-corrected chi connectivity index (χ3v) is 3.16. The topological polar surface area (TPSA) is 72.6 Å². The largest absolute Gasteiger partial charge is 0.464 e. The third kappa shape index (κ3) is 3.98. The summed E-state index contributed by atoms with van der Waals surface area (Å²) in [6.07, 6.45) is 0. The summed E-state index contributed by atoms with van der Waals surface area (Å²) in [5.41, 5.74) is 5.91. The average Bonchev–Trinajstić information content (AvgIpc) is 2.47. The van der Waals surface area contributed by atoms with E-state index >= 15 is 0 Å². The van der Waals surface area contributed by atoms with Crippen LogP contribution in [0.1, 0.15) is 25.5 Å². The van der Waals surface area contributed by atoms with Crippen LogP contribution in [0.3, 0.4) is 0 Å². The number of carbonyl (C=O) groups is 2. The van der Waals surface area contributed by atoms with Crippen molar-refractivity contribution in [2.24, 2.45) is 5.73 Å². The summed E-state index contributed by atoms with van der Waals surface area (Å²) in [5.74, 6) is -3.46. The standard InChI is InChI=1S/C14H18F2N2O3/c1-4-21-14(20)12(17)13(19)18(3)8(2)9-5-6-10(15)11(16)7-9/h5-8,12H,4,17H2,1-3H3. The number of hydrogen-bond acceptors (Lipinski definition) is 4. The molecule has 21 heavy (non-hydrogen) atoms. The predicted molar refractivity (Wildman–Crippen MR) is 72.2 cm³/mol. The van der Waals surface area contributed by atoms with Crippen LogP contribution >= 0.6 is 0 Å². The molecule has 0 bridgehead atoms. The van der Waals surface area contributed by atoms with Crippen molar-refractivity contribution in [3.05, 3.63) is 35.4 Å². The van der Waals surface area contributed by atoms with Gasteiger partial charge in [0.15, 0.2) is 17.7 Å². The highest BCUT2D eigenvalue weighted by molar-refractivity contribution is 6.01. The minimum absolute atomic E-state index is 0.113. The van der Waals surface area contributed by atoms with E-state index in [1.54, 1.807) is 13.8 Å². The number of halogens is 2. The van der Waals surface area contributed by atoms with Gasteiger partial charge in [0, 0.05) is 7.05 Å². The molecule has 1 amide bonds. The fraction of sp³-hybridized carbons (Fsp3) is 0.429. The van der Waals surface area contributed by atoms with Crippen molar-refractivity contribution in [2.45, 2.75) is 25.9 Å². The molecule has 0 saturated carbocycles. The Labute approximate surface area is 121 Å². The van der Waals surface area contributed by atoms with Crippen LogP contribution in [0.4, 0.5) is 8.78 Å². The molecule has 0 aliphatic carbocycles. The monoisotopic (exact) mass is 300 g/mol. The molecule has 0 saturated heterocycles. The SMILES string of the molecule is CCOC(=O)C(N)C(=O)N(C)C(C)c1ccc(F)c(F)c1. The van der Waals surface area contributed by atoms with E-state index in [2.05, 4.69) is 4.74 Å². The van der Waals surface area contributed by atoms with Crippen molar-refractivity contribution in [1.82, 2.24) is 4.90 Å². The van der Waals surface area contributed by atoms with Crippen LogP contribution in [0.15, 0.2) is 18.2 Å². The first-order chi connectivity index (χ1) is 9.79. The maximum absolute atomic E-state index is 13.2. The minimum Gasteiger partial charge on any atom is -0.464 e. The van der Waals surface area contributed by atoms with Crippen LogP contribution in [0, 0.1) is 11.6 Å². The highest BCUT2D eigenvalue weighted by Gasteiger charge is 2.29. The Morgan fingerprint density at radius 2 is 1.95 bits per heavy atom. The van der Waals surface area contributed by atoms with E-state index in [4.69, 9.17) is 5.73 Å². The Hall–Kier alpha value is -2.02. The second kappa shape index (κ2) is 7.12. The number of hydrogen-bond donors (Lipinski definition) is 1. The summed E-state index contributed by atoms with van der Waals surface area (Å²) >= 11 is 0. The number of ether oxygens (including phenoxy) is 1. The van der Waals surface area contributed by atoms with Gasteiger partial charge in [-0.2, -0.15) is 0 Å². The Kier molecular flexibility index (Phi) is 5.78. The number of benzene rings is 1. The number of amides is 1. The minimum atomic E-state index is -1.44. The molecule has 1 aromatic carbocycles. The highest BCUT2D eigenvalue weighted by atomic mass is 19.2. The lowest BCUT2D eigenvalue weighted by atomic mass is 10.1. The van der Waals surface area contributed by atoms with E-state index in [0.29, 0.717) is 5.56 Å². The molecular formula is C14H18F2N2O3. The summed E-state index contributed by atoms with van der Waals surface area (Å²) in [5, 5.41) is 0. The highest BCUT2D eigenvalue weighted by Crippen LogP contribution is 2.21. The van der Waals surface area contributed by atoms with Crippen LogP contribution in [0.25, 0.3) is 0 Å². The molecule has 0 heterocycles. The van der Waals surface area contributed by atoms with Crippen LogP contribution in [0.5, 0.6) is 0 Å². The summed E-state index contributed by atoms with van der Waals surface area (Å²) in [6, 6.07) is 1.32. The first-order valence-electron chi connectivity index (χ1n) is 6.43. The summed E-state index contributed by atoms with van der Waals surface area (Å²) in [4.78, 5) is 24.7. The number of nitrogens with zero attached hydrogens (tertiary/aromatic N) is 1. The fourth-order valence-corrected chi connectivity index (χ4v) is 1.74. The molecule has 0 radical (unpaired) electrons. The first-order valence-corrected chi connectivity index (χ1v) is 6.43. The van der Waals surface area contributed by atoms with Gasteiger partial charge < -0.3 is 15.4 Å². The Morgan fingerprint density at radius 1 is 1.33 bits per heavy atom. The maximum atomic E-state index is 13.2. The first kappa shape index (κ1) is 17.0. The van der Waals surface area contributed by atoms with E-state index in [0.717, 1.165) is 12.1 Å². The van der Waals surface area contributed by atoms with Gasteiger partial charge in [0.25, 0.3) is 5.91 Å². The Balaban J connectivity index is 2.86. The van der Waals surface area contributed by atoms with Gasteiger partial charge >= 0.3 is 5.97 Å². The molecule has 1 aromatic rings. The molecular weight excluding hydrogens is 282 g/mol. The van der Waals surface area contributed by atoms with Crippen LogP contribution in [0.2, 0.25) is 0 Å². The van der Waals surface area contributed by atoms with Gasteiger partial charge in [0.2, 0.25) is 0 Å². The zero-order chi connectivity index (χ0) is 16.2. The van der Waals surface area contributed by atoms with E-state index in [1.165, 1.54) is 18.0 Å². The molecule has 0 aliphatic rings. The van der Waals surface area contributed by atoms with Crippen LogP contribution in [-0.2, 0) is 14.3 Å². The van der Waals surface area contributed by atoms with E-state index in [9.17, 15) is 18.4 Å². The molecule has 0 fully saturated rings. The Morgan fingerprint density at radius 3 is 2.48 bits per heavy atom. The van der Waals surface area contributed by atoms with E-state index in [-0.39, 0.29) is 6.61 Å². The predicted octanol–water partition coefficient (Wildman–Crippen LogP) is 1.37. The summed E-state index contributed by atoms with van der Waals surface area (Å²) in [7, 11) is 1.42. The van der Waals surface area contributed by atoms with Crippen molar-refractivity contribution in [3.63, 3.8) is 0 Å². The molecule has 1 rings (SSSR count). The lowest BCUT2D eigenvalue weighted by Crippen LogP contribution is -2.48. The molecule has 7 heteroatoms. The zero-order valence-corrected chi connectivity index (χ0v) is 12.1. The normalized spacial score (nSPS) is 13.4. The molecule has 5 nitrogen and oxygen atoms in total. The number of rotatable bonds is 5. The second-order valence-corrected chi connectivity index (χ2v) is 4.53.